The molecule has 2 amide bonds. The van der Waals surface area contributed by atoms with Crippen molar-refractivity contribution in [1.82, 2.24) is 19.4 Å². The highest BCUT2D eigenvalue weighted by atomic mass is 16.6. The minimum Gasteiger partial charge on any atom is -0.444 e. The third-order valence-corrected chi connectivity index (χ3v) is 4.93. The summed E-state index contributed by atoms with van der Waals surface area (Å²) in [7, 11) is 4.64. The van der Waals surface area contributed by atoms with Gasteiger partial charge in [0.2, 0.25) is 5.91 Å². The summed E-state index contributed by atoms with van der Waals surface area (Å²) >= 11 is 0. The van der Waals surface area contributed by atoms with Gasteiger partial charge in [0.05, 0.1) is 5.56 Å². The van der Waals surface area contributed by atoms with Crippen molar-refractivity contribution in [3.05, 3.63) is 26.4 Å². The third-order valence-electron chi connectivity index (χ3n) is 4.93. The van der Waals surface area contributed by atoms with Crippen LogP contribution in [0.15, 0.2) is 14.6 Å². The lowest BCUT2D eigenvalue weighted by Gasteiger charge is -2.24. The number of hydrogen-bond donors (Lipinski definition) is 1. The summed E-state index contributed by atoms with van der Waals surface area (Å²) in [6.07, 6.45) is 2.74. The molecule has 1 atom stereocenters. The molecule has 10 heteroatoms. The first kappa shape index (κ1) is 27.1. The second kappa shape index (κ2) is 11.6. The van der Waals surface area contributed by atoms with E-state index >= 15 is 0 Å². The van der Waals surface area contributed by atoms with Gasteiger partial charge in [-0.05, 0) is 40.5 Å². The number of aliphatic imine (C=N–C) groups is 1. The Bertz CT molecular complexity index is 918. The Balaban J connectivity index is 2.60. The molecule has 0 aliphatic carbocycles. The highest BCUT2D eigenvalue weighted by Gasteiger charge is 2.19. The first-order valence-corrected chi connectivity index (χ1v) is 10.8. The molecule has 10 nitrogen and oxygen atoms in total. The van der Waals surface area contributed by atoms with Gasteiger partial charge in [-0.15, -0.1) is 0 Å². The molecule has 0 saturated heterocycles. The van der Waals surface area contributed by atoms with Crippen LogP contribution in [-0.4, -0.2) is 58.0 Å². The van der Waals surface area contributed by atoms with E-state index in [2.05, 4.69) is 10.3 Å². The van der Waals surface area contributed by atoms with E-state index in [9.17, 15) is 19.2 Å². The number of ether oxygens (including phenoxy) is 1. The van der Waals surface area contributed by atoms with Crippen molar-refractivity contribution in [3.63, 3.8) is 0 Å². The summed E-state index contributed by atoms with van der Waals surface area (Å²) < 4.78 is 7.65. The fourth-order valence-corrected chi connectivity index (χ4v) is 2.95. The lowest BCUT2D eigenvalue weighted by molar-refractivity contribution is -0.121. The van der Waals surface area contributed by atoms with Crippen LogP contribution in [0.2, 0.25) is 0 Å². The topological polar surface area (TPSA) is 115 Å². The number of carbonyl (C=O) groups excluding carboxylic acids is 2. The minimum absolute atomic E-state index is 0.127. The molecule has 180 valence electrons. The van der Waals surface area contributed by atoms with E-state index in [0.29, 0.717) is 37.3 Å². The zero-order valence-corrected chi connectivity index (χ0v) is 20.5. The Labute approximate surface area is 189 Å². The van der Waals surface area contributed by atoms with E-state index < -0.39 is 17.4 Å². The maximum atomic E-state index is 12.3. The second-order valence-electron chi connectivity index (χ2n) is 8.91. The molecule has 1 unspecified atom stereocenters. The normalized spacial score (nSPS) is 12.6. The van der Waals surface area contributed by atoms with Crippen LogP contribution in [0.25, 0.3) is 0 Å². The van der Waals surface area contributed by atoms with E-state index in [-0.39, 0.29) is 23.8 Å². The van der Waals surface area contributed by atoms with E-state index in [0.717, 1.165) is 4.57 Å². The Kier molecular flexibility index (Phi) is 9.86. The molecular weight excluding hydrogens is 414 g/mol. The van der Waals surface area contributed by atoms with Crippen molar-refractivity contribution in [1.29, 1.82) is 0 Å². The van der Waals surface area contributed by atoms with Crippen molar-refractivity contribution in [2.24, 2.45) is 25.0 Å². The van der Waals surface area contributed by atoms with Gasteiger partial charge in [-0.25, -0.2) is 14.6 Å². The van der Waals surface area contributed by atoms with E-state index in [1.54, 1.807) is 27.2 Å². The maximum Gasteiger partial charge on any atom is 0.410 e. The summed E-state index contributed by atoms with van der Waals surface area (Å²) in [5, 5.41) is 2.85. The van der Waals surface area contributed by atoms with E-state index in [1.165, 1.54) is 16.5 Å². The van der Waals surface area contributed by atoms with Crippen LogP contribution in [0, 0.1) is 12.8 Å². The third kappa shape index (κ3) is 7.97. The Morgan fingerprint density at radius 2 is 1.84 bits per heavy atom. The first-order valence-electron chi connectivity index (χ1n) is 10.8. The molecule has 0 radical (unpaired) electrons. The average molecular weight is 452 g/mol. The molecule has 0 aromatic carbocycles. The number of nitrogens with one attached hydrogen (secondary N) is 1. The molecule has 0 aliphatic rings. The smallest absolute Gasteiger partial charge is 0.410 e. The summed E-state index contributed by atoms with van der Waals surface area (Å²) in [4.78, 5) is 54.3. The van der Waals surface area contributed by atoms with Gasteiger partial charge in [-0.3, -0.25) is 18.7 Å². The molecule has 1 rings (SSSR count). The quantitative estimate of drug-likeness (QED) is 0.455. The van der Waals surface area contributed by atoms with Gasteiger partial charge in [0, 0.05) is 52.8 Å². The van der Waals surface area contributed by atoms with Gasteiger partial charge in [0.25, 0.3) is 5.56 Å². The van der Waals surface area contributed by atoms with Gasteiger partial charge < -0.3 is 15.0 Å². The SMILES string of the molecule is CCC(/C=N/c1c(C)c(=O)n(C)c(=O)n1C)CC(=O)NCCCN(C)C(=O)OC(C)(C)C. The molecule has 1 aromatic heterocycles. The average Bonchev–Trinajstić information content (AvgIpc) is 2.71. The van der Waals surface area contributed by atoms with Crippen LogP contribution in [0.3, 0.4) is 0 Å². The molecule has 0 saturated carbocycles. The van der Waals surface area contributed by atoms with Crippen molar-refractivity contribution < 1.29 is 14.3 Å². The summed E-state index contributed by atoms with van der Waals surface area (Å²) in [5.41, 5.74) is -1.01. The Morgan fingerprint density at radius 3 is 2.41 bits per heavy atom. The van der Waals surface area contributed by atoms with Gasteiger partial charge in [0.15, 0.2) is 0 Å². The molecule has 1 aromatic rings. The highest BCUT2D eigenvalue weighted by Crippen LogP contribution is 2.14. The van der Waals surface area contributed by atoms with Gasteiger partial charge in [0.1, 0.15) is 11.4 Å². The monoisotopic (exact) mass is 451 g/mol. The second-order valence-corrected chi connectivity index (χ2v) is 8.91. The fraction of sp³-hybridized carbons (Fsp3) is 0.682. The Morgan fingerprint density at radius 1 is 1.22 bits per heavy atom. The number of nitrogens with zero attached hydrogens (tertiary/aromatic N) is 4. The number of hydrogen-bond acceptors (Lipinski definition) is 6. The lowest BCUT2D eigenvalue weighted by atomic mass is 10.0. The van der Waals surface area contributed by atoms with Crippen molar-refractivity contribution in [2.45, 2.75) is 59.5 Å². The zero-order valence-electron chi connectivity index (χ0n) is 20.5. The van der Waals surface area contributed by atoms with E-state index in [4.69, 9.17) is 4.74 Å². The highest BCUT2D eigenvalue weighted by molar-refractivity contribution is 5.80. The van der Waals surface area contributed by atoms with Crippen LogP contribution in [-0.2, 0) is 23.6 Å². The molecule has 0 aliphatic heterocycles. The van der Waals surface area contributed by atoms with Crippen LogP contribution in [0.4, 0.5) is 10.6 Å². The fourth-order valence-electron chi connectivity index (χ4n) is 2.95. The molecule has 1 N–H and O–H groups in total. The van der Waals surface area contributed by atoms with Crippen LogP contribution in [0.1, 0.15) is 52.5 Å². The predicted molar refractivity (Wildman–Crippen MR) is 125 cm³/mol. The molecular formula is C22H37N5O5. The number of amides is 2. The molecule has 1 heterocycles. The summed E-state index contributed by atoms with van der Waals surface area (Å²) in [5.74, 6) is 0.0259. The minimum atomic E-state index is -0.548. The molecule has 0 fully saturated rings. The largest absolute Gasteiger partial charge is 0.444 e. The van der Waals surface area contributed by atoms with E-state index in [1.807, 2.05) is 27.7 Å². The number of carbonyl (C=O) groups is 2. The van der Waals surface area contributed by atoms with Crippen LogP contribution < -0.4 is 16.6 Å². The molecule has 0 spiro atoms. The van der Waals surface area contributed by atoms with Crippen LogP contribution in [0.5, 0.6) is 0 Å². The van der Waals surface area contributed by atoms with Crippen molar-refractivity contribution in [2.75, 3.05) is 20.1 Å². The van der Waals surface area contributed by atoms with Crippen molar-refractivity contribution >= 4 is 24.0 Å². The van der Waals surface area contributed by atoms with Gasteiger partial charge >= 0.3 is 11.8 Å². The predicted octanol–water partition coefficient (Wildman–Crippen LogP) is 1.88. The molecule has 0 bridgehead atoms. The van der Waals surface area contributed by atoms with Gasteiger partial charge in [-0.2, -0.15) is 0 Å². The number of aromatic nitrogens is 2. The van der Waals surface area contributed by atoms with Gasteiger partial charge in [-0.1, -0.05) is 6.92 Å². The summed E-state index contributed by atoms with van der Waals surface area (Å²) in [6, 6.07) is 0. The standard InChI is InChI=1S/C22H37N5O5/c1-9-16(14-24-18-15(2)19(29)27(8)20(30)26(18)7)13-17(28)23-11-10-12-25(6)21(31)32-22(3,4)5/h14,16H,9-13H2,1-8H3,(H,23,28)/b24-14+. The van der Waals surface area contributed by atoms with Crippen LogP contribution >= 0.6 is 0 Å². The zero-order chi connectivity index (χ0) is 24.6. The number of rotatable bonds is 9. The van der Waals surface area contributed by atoms with Crippen molar-refractivity contribution in [3.8, 4) is 0 Å². The first-order chi connectivity index (χ1) is 14.8. The molecule has 32 heavy (non-hydrogen) atoms. The summed E-state index contributed by atoms with van der Waals surface area (Å²) in [6.45, 7) is 9.89. The lowest BCUT2D eigenvalue weighted by Crippen LogP contribution is -2.38. The Hall–Kier alpha value is -2.91. The maximum absolute atomic E-state index is 12.3.